The summed E-state index contributed by atoms with van der Waals surface area (Å²) in [6.07, 6.45) is 0. The first-order valence-corrected chi connectivity index (χ1v) is 6.05. The highest BCUT2D eigenvalue weighted by molar-refractivity contribution is 5.96. The lowest BCUT2D eigenvalue weighted by atomic mass is 10.1. The Kier molecular flexibility index (Phi) is 2.73. The molecule has 0 radical (unpaired) electrons. The number of para-hydroxylation sites is 1. The number of guanidine groups is 1. The van der Waals surface area contributed by atoms with Crippen LogP contribution in [0, 0.1) is 0 Å². The van der Waals surface area contributed by atoms with Gasteiger partial charge < -0.3 is 10.6 Å². The van der Waals surface area contributed by atoms with E-state index in [0.29, 0.717) is 5.96 Å². The van der Waals surface area contributed by atoms with Crippen LogP contribution in [0.4, 0.5) is 5.69 Å². The molecule has 3 heteroatoms. The lowest BCUT2D eigenvalue weighted by molar-refractivity contribution is 0.780. The molecule has 0 fully saturated rings. The molecule has 1 aliphatic heterocycles. The minimum atomic E-state index is 0.131. The summed E-state index contributed by atoms with van der Waals surface area (Å²) >= 11 is 0. The molecule has 0 amide bonds. The molecule has 0 saturated heterocycles. The van der Waals surface area contributed by atoms with Crippen LogP contribution in [0.1, 0.15) is 11.6 Å². The number of benzene rings is 2. The van der Waals surface area contributed by atoms with E-state index in [9.17, 15) is 0 Å². The first kappa shape index (κ1) is 10.8. The molecule has 2 aromatic rings. The monoisotopic (exact) mass is 237 g/mol. The quantitative estimate of drug-likeness (QED) is 0.872. The summed E-state index contributed by atoms with van der Waals surface area (Å²) in [5, 5.41) is 0. The van der Waals surface area contributed by atoms with E-state index in [2.05, 4.69) is 34.2 Å². The van der Waals surface area contributed by atoms with Crippen LogP contribution in [-0.2, 0) is 0 Å². The van der Waals surface area contributed by atoms with Crippen LogP contribution in [-0.4, -0.2) is 12.5 Å². The van der Waals surface area contributed by atoms with E-state index < -0.39 is 0 Å². The second-order valence-corrected chi connectivity index (χ2v) is 4.36. The molecule has 3 rings (SSSR count). The lowest BCUT2D eigenvalue weighted by Gasteiger charge is -2.18. The number of aliphatic imine (C=N–C) groups is 1. The van der Waals surface area contributed by atoms with Gasteiger partial charge in [-0.3, -0.25) is 0 Å². The molecular formula is C15H15N3. The molecule has 90 valence electrons. The van der Waals surface area contributed by atoms with Crippen molar-refractivity contribution in [3.8, 4) is 0 Å². The third-order valence-electron chi connectivity index (χ3n) is 3.17. The van der Waals surface area contributed by atoms with Crippen molar-refractivity contribution in [2.45, 2.75) is 6.04 Å². The van der Waals surface area contributed by atoms with Crippen LogP contribution in [0.2, 0.25) is 0 Å². The van der Waals surface area contributed by atoms with E-state index >= 15 is 0 Å². The molecule has 3 nitrogen and oxygen atoms in total. The number of hydrogen-bond donors (Lipinski definition) is 1. The molecule has 2 N–H and O–H groups in total. The van der Waals surface area contributed by atoms with Gasteiger partial charge in [-0.25, -0.2) is 4.99 Å². The molecule has 0 saturated carbocycles. The summed E-state index contributed by atoms with van der Waals surface area (Å²) in [6.45, 7) is 0.805. The summed E-state index contributed by atoms with van der Waals surface area (Å²) < 4.78 is 0. The van der Waals surface area contributed by atoms with Crippen LogP contribution < -0.4 is 10.6 Å². The molecule has 0 unspecified atom stereocenters. The molecule has 0 spiro atoms. The van der Waals surface area contributed by atoms with Gasteiger partial charge in [-0.2, -0.15) is 0 Å². The number of anilines is 1. The molecular weight excluding hydrogens is 222 g/mol. The highest BCUT2D eigenvalue weighted by Gasteiger charge is 2.25. The van der Waals surface area contributed by atoms with E-state index in [1.165, 1.54) is 5.56 Å². The minimum Gasteiger partial charge on any atom is -0.369 e. The van der Waals surface area contributed by atoms with E-state index in [4.69, 9.17) is 5.73 Å². The van der Waals surface area contributed by atoms with Gasteiger partial charge >= 0.3 is 0 Å². The molecule has 0 bridgehead atoms. The topological polar surface area (TPSA) is 41.6 Å². The van der Waals surface area contributed by atoms with Gasteiger partial charge in [0, 0.05) is 5.69 Å². The SMILES string of the molecule is NC1=N[C@H](c2ccccc2)CN1c1ccccc1. The van der Waals surface area contributed by atoms with Crippen molar-refractivity contribution in [3.05, 3.63) is 66.2 Å². The smallest absolute Gasteiger partial charge is 0.196 e. The number of hydrogen-bond acceptors (Lipinski definition) is 3. The van der Waals surface area contributed by atoms with Gasteiger partial charge in [0.15, 0.2) is 5.96 Å². The zero-order valence-corrected chi connectivity index (χ0v) is 10.0. The van der Waals surface area contributed by atoms with Gasteiger partial charge in [0.1, 0.15) is 0 Å². The van der Waals surface area contributed by atoms with Crippen LogP contribution in [0.15, 0.2) is 65.7 Å². The fourth-order valence-corrected chi connectivity index (χ4v) is 2.24. The molecule has 18 heavy (non-hydrogen) atoms. The van der Waals surface area contributed by atoms with Crippen LogP contribution in [0.25, 0.3) is 0 Å². The highest BCUT2D eigenvalue weighted by Crippen LogP contribution is 2.27. The Balaban J connectivity index is 1.86. The Bertz CT molecular complexity index is 548. The summed E-state index contributed by atoms with van der Waals surface area (Å²) in [5.74, 6) is 0.593. The fraction of sp³-hybridized carbons (Fsp3) is 0.133. The van der Waals surface area contributed by atoms with Crippen molar-refractivity contribution in [2.24, 2.45) is 10.7 Å². The largest absolute Gasteiger partial charge is 0.369 e. The lowest BCUT2D eigenvalue weighted by Crippen LogP contribution is -2.33. The molecule has 0 aromatic heterocycles. The Morgan fingerprint density at radius 3 is 2.22 bits per heavy atom. The van der Waals surface area contributed by atoms with Gasteiger partial charge in [-0.1, -0.05) is 48.5 Å². The average Bonchev–Trinajstić information content (AvgIpc) is 2.83. The van der Waals surface area contributed by atoms with Gasteiger partial charge in [-0.05, 0) is 17.7 Å². The van der Waals surface area contributed by atoms with Crippen molar-refractivity contribution in [1.82, 2.24) is 0 Å². The molecule has 1 heterocycles. The Labute approximate surface area is 107 Å². The summed E-state index contributed by atoms with van der Waals surface area (Å²) in [4.78, 5) is 6.59. The van der Waals surface area contributed by atoms with Crippen LogP contribution >= 0.6 is 0 Å². The zero-order valence-electron chi connectivity index (χ0n) is 10.0. The summed E-state index contributed by atoms with van der Waals surface area (Å²) in [7, 11) is 0. The molecule has 2 aromatic carbocycles. The van der Waals surface area contributed by atoms with Crippen molar-refractivity contribution in [1.29, 1.82) is 0 Å². The van der Waals surface area contributed by atoms with Gasteiger partial charge in [0.2, 0.25) is 0 Å². The maximum Gasteiger partial charge on any atom is 0.196 e. The average molecular weight is 237 g/mol. The Morgan fingerprint density at radius 1 is 0.944 bits per heavy atom. The second kappa shape index (κ2) is 4.53. The van der Waals surface area contributed by atoms with Crippen molar-refractivity contribution in [2.75, 3.05) is 11.4 Å². The number of rotatable bonds is 2. The molecule has 1 aliphatic rings. The second-order valence-electron chi connectivity index (χ2n) is 4.36. The van der Waals surface area contributed by atoms with E-state index in [1.807, 2.05) is 36.4 Å². The predicted octanol–water partition coefficient (Wildman–Crippen LogP) is 2.56. The minimum absolute atomic E-state index is 0.131. The summed E-state index contributed by atoms with van der Waals surface area (Å²) in [5.41, 5.74) is 8.32. The third-order valence-corrected chi connectivity index (χ3v) is 3.17. The van der Waals surface area contributed by atoms with Gasteiger partial charge in [-0.15, -0.1) is 0 Å². The maximum atomic E-state index is 6.01. The van der Waals surface area contributed by atoms with Crippen molar-refractivity contribution in [3.63, 3.8) is 0 Å². The third kappa shape index (κ3) is 1.95. The molecule has 0 aliphatic carbocycles. The van der Waals surface area contributed by atoms with Crippen molar-refractivity contribution >= 4 is 11.6 Å². The number of nitrogens with zero attached hydrogens (tertiary/aromatic N) is 2. The van der Waals surface area contributed by atoms with Crippen LogP contribution in [0.5, 0.6) is 0 Å². The van der Waals surface area contributed by atoms with Crippen molar-refractivity contribution < 1.29 is 0 Å². The zero-order chi connectivity index (χ0) is 12.4. The normalized spacial score (nSPS) is 18.8. The van der Waals surface area contributed by atoms with Gasteiger partial charge in [0.25, 0.3) is 0 Å². The predicted molar refractivity (Wildman–Crippen MR) is 74.6 cm³/mol. The maximum absolute atomic E-state index is 6.01. The first-order valence-electron chi connectivity index (χ1n) is 6.05. The van der Waals surface area contributed by atoms with E-state index in [1.54, 1.807) is 0 Å². The first-order chi connectivity index (χ1) is 8.84. The van der Waals surface area contributed by atoms with Crippen LogP contribution in [0.3, 0.4) is 0 Å². The fourth-order valence-electron chi connectivity index (χ4n) is 2.24. The van der Waals surface area contributed by atoms with E-state index in [0.717, 1.165) is 12.2 Å². The highest BCUT2D eigenvalue weighted by atomic mass is 15.3. The summed E-state index contributed by atoms with van der Waals surface area (Å²) in [6, 6.07) is 20.5. The standard InChI is InChI=1S/C15H15N3/c16-15-17-14(12-7-3-1-4-8-12)11-18(15)13-9-5-2-6-10-13/h1-10,14H,11H2,(H2,16,17)/t14-/m0/s1. The Hall–Kier alpha value is -2.29. The molecule has 1 atom stereocenters. The number of nitrogens with two attached hydrogens (primary N) is 1. The Morgan fingerprint density at radius 2 is 1.56 bits per heavy atom. The van der Waals surface area contributed by atoms with E-state index in [-0.39, 0.29) is 6.04 Å². The van der Waals surface area contributed by atoms with Gasteiger partial charge in [0.05, 0.1) is 12.6 Å².